The number of nitrogens with one attached hydrogen (secondary N) is 3. The summed E-state index contributed by atoms with van der Waals surface area (Å²) in [5.41, 5.74) is 3.44. The zero-order valence-corrected chi connectivity index (χ0v) is 14.0. The average molecular weight is 353 g/mol. The topological polar surface area (TPSA) is 83.2 Å². The molecule has 0 spiro atoms. The van der Waals surface area contributed by atoms with Crippen molar-refractivity contribution in [3.63, 3.8) is 0 Å². The second-order valence-electron chi connectivity index (χ2n) is 6.19. The van der Waals surface area contributed by atoms with Crippen LogP contribution in [0.1, 0.15) is 11.3 Å². The van der Waals surface area contributed by atoms with Gasteiger partial charge < -0.3 is 20.4 Å². The maximum absolute atomic E-state index is 13.5. The first kappa shape index (κ1) is 16.1. The van der Waals surface area contributed by atoms with E-state index >= 15 is 0 Å². The van der Waals surface area contributed by atoms with Crippen LogP contribution >= 0.6 is 0 Å². The summed E-state index contributed by atoms with van der Waals surface area (Å²) in [4.78, 5) is 27.0. The van der Waals surface area contributed by atoms with Crippen molar-refractivity contribution in [1.82, 2.24) is 4.98 Å². The predicted octanol–water partition coefficient (Wildman–Crippen LogP) is 3.13. The summed E-state index contributed by atoms with van der Waals surface area (Å²) in [5, 5.41) is 6.19. The van der Waals surface area contributed by atoms with Gasteiger partial charge in [0.15, 0.2) is 6.61 Å². The second kappa shape index (κ2) is 6.18. The van der Waals surface area contributed by atoms with Gasteiger partial charge in [-0.1, -0.05) is 0 Å². The van der Waals surface area contributed by atoms with Crippen LogP contribution in [-0.2, 0) is 16.0 Å². The van der Waals surface area contributed by atoms with Crippen molar-refractivity contribution < 1.29 is 18.7 Å². The van der Waals surface area contributed by atoms with Crippen LogP contribution in [0.3, 0.4) is 0 Å². The van der Waals surface area contributed by atoms with E-state index in [-0.39, 0.29) is 30.7 Å². The highest BCUT2D eigenvalue weighted by Crippen LogP contribution is 2.30. The van der Waals surface area contributed by atoms with Gasteiger partial charge >= 0.3 is 0 Å². The minimum absolute atomic E-state index is 0.0187. The Bertz CT molecular complexity index is 1040. The third-order valence-corrected chi connectivity index (χ3v) is 4.32. The summed E-state index contributed by atoms with van der Waals surface area (Å²) in [6, 6.07) is 9.50. The summed E-state index contributed by atoms with van der Waals surface area (Å²) in [5.74, 6) is -0.257. The smallest absolute Gasteiger partial charge is 0.262 e. The molecule has 0 fully saturated rings. The SMILES string of the molecule is Cc1[nH]c2ccc(F)cc2c1CC(=O)Nc1ccc2c(c1)NC(=O)CO2. The average Bonchev–Trinajstić information content (AvgIpc) is 2.90. The Hall–Kier alpha value is -3.35. The van der Waals surface area contributed by atoms with Crippen LogP contribution in [0.4, 0.5) is 15.8 Å². The number of amides is 2. The Morgan fingerprint density at radius 2 is 2.12 bits per heavy atom. The van der Waals surface area contributed by atoms with Crippen LogP contribution in [0, 0.1) is 12.7 Å². The Labute approximate surface area is 148 Å². The minimum atomic E-state index is -0.344. The van der Waals surface area contributed by atoms with Gasteiger partial charge in [0.2, 0.25) is 5.91 Å². The first-order chi connectivity index (χ1) is 12.5. The van der Waals surface area contributed by atoms with E-state index in [4.69, 9.17) is 4.74 Å². The van der Waals surface area contributed by atoms with E-state index in [0.717, 1.165) is 16.8 Å². The molecule has 2 heterocycles. The van der Waals surface area contributed by atoms with Crippen LogP contribution in [0.25, 0.3) is 10.9 Å². The molecule has 0 bridgehead atoms. The number of benzene rings is 2. The van der Waals surface area contributed by atoms with Crippen molar-refractivity contribution in [3.8, 4) is 5.75 Å². The number of halogens is 1. The number of rotatable bonds is 3. The van der Waals surface area contributed by atoms with Crippen molar-refractivity contribution in [3.05, 3.63) is 53.5 Å². The van der Waals surface area contributed by atoms with Gasteiger partial charge in [0.25, 0.3) is 5.91 Å². The summed E-state index contributed by atoms with van der Waals surface area (Å²) >= 11 is 0. The summed E-state index contributed by atoms with van der Waals surface area (Å²) in [6.45, 7) is 1.83. The number of hydrogen-bond donors (Lipinski definition) is 3. The number of aromatic amines is 1. The number of hydrogen-bond acceptors (Lipinski definition) is 3. The van der Waals surface area contributed by atoms with Crippen LogP contribution < -0.4 is 15.4 Å². The predicted molar refractivity (Wildman–Crippen MR) is 95.9 cm³/mol. The van der Waals surface area contributed by atoms with E-state index in [1.807, 2.05) is 6.92 Å². The zero-order valence-electron chi connectivity index (χ0n) is 14.0. The molecule has 2 aromatic carbocycles. The van der Waals surface area contributed by atoms with Crippen LogP contribution in [0.2, 0.25) is 0 Å². The van der Waals surface area contributed by atoms with Gasteiger partial charge in [-0.3, -0.25) is 9.59 Å². The molecule has 0 atom stereocenters. The second-order valence-corrected chi connectivity index (χ2v) is 6.19. The Kier molecular flexibility index (Phi) is 3.84. The summed E-state index contributed by atoms with van der Waals surface area (Å²) < 4.78 is 18.8. The lowest BCUT2D eigenvalue weighted by Gasteiger charge is -2.18. The maximum atomic E-state index is 13.5. The molecule has 3 aromatic rings. The Morgan fingerprint density at radius 3 is 2.96 bits per heavy atom. The van der Waals surface area contributed by atoms with Crippen LogP contribution in [-0.4, -0.2) is 23.4 Å². The van der Waals surface area contributed by atoms with Gasteiger partial charge in [-0.2, -0.15) is 0 Å². The van der Waals surface area contributed by atoms with E-state index in [1.165, 1.54) is 12.1 Å². The molecule has 1 aliphatic rings. The van der Waals surface area contributed by atoms with Gasteiger partial charge in [-0.25, -0.2) is 4.39 Å². The molecule has 7 heteroatoms. The van der Waals surface area contributed by atoms with E-state index in [2.05, 4.69) is 15.6 Å². The fourth-order valence-electron chi connectivity index (χ4n) is 3.11. The highest BCUT2D eigenvalue weighted by molar-refractivity contribution is 5.99. The summed E-state index contributed by atoms with van der Waals surface area (Å²) in [6.07, 6.45) is 0.106. The van der Waals surface area contributed by atoms with Crippen LogP contribution in [0.5, 0.6) is 5.75 Å². The molecule has 26 heavy (non-hydrogen) atoms. The summed E-state index contributed by atoms with van der Waals surface area (Å²) in [7, 11) is 0. The first-order valence-corrected chi connectivity index (χ1v) is 8.13. The van der Waals surface area contributed by atoms with Gasteiger partial charge in [0.1, 0.15) is 11.6 Å². The monoisotopic (exact) mass is 353 g/mol. The lowest BCUT2D eigenvalue weighted by molar-refractivity contribution is -0.118. The molecule has 0 aliphatic carbocycles. The maximum Gasteiger partial charge on any atom is 0.262 e. The molecule has 0 unspecified atom stereocenters. The molecular formula is C19H16FN3O3. The third-order valence-electron chi connectivity index (χ3n) is 4.32. The quantitative estimate of drug-likeness (QED) is 0.676. The molecule has 6 nitrogen and oxygen atoms in total. The normalized spacial score (nSPS) is 13.1. The number of ether oxygens (including phenoxy) is 1. The highest BCUT2D eigenvalue weighted by Gasteiger charge is 2.17. The largest absolute Gasteiger partial charge is 0.482 e. The Balaban J connectivity index is 1.55. The van der Waals surface area contributed by atoms with Crippen molar-refractivity contribution in [2.24, 2.45) is 0 Å². The number of carbonyl (C=O) groups excluding carboxylic acids is 2. The van der Waals surface area contributed by atoms with Crippen LogP contribution in [0.15, 0.2) is 36.4 Å². The Morgan fingerprint density at radius 1 is 1.27 bits per heavy atom. The fraction of sp³-hybridized carbons (Fsp3) is 0.158. The van der Waals surface area contributed by atoms with Crippen molar-refractivity contribution in [1.29, 1.82) is 0 Å². The zero-order chi connectivity index (χ0) is 18.3. The molecular weight excluding hydrogens is 337 g/mol. The lowest BCUT2D eigenvalue weighted by Crippen LogP contribution is -2.25. The molecule has 0 radical (unpaired) electrons. The molecule has 3 N–H and O–H groups in total. The van der Waals surface area contributed by atoms with E-state index in [0.29, 0.717) is 22.5 Å². The van der Waals surface area contributed by atoms with E-state index < -0.39 is 0 Å². The first-order valence-electron chi connectivity index (χ1n) is 8.13. The molecule has 4 rings (SSSR count). The molecule has 0 saturated carbocycles. The van der Waals surface area contributed by atoms with Gasteiger partial charge in [0, 0.05) is 22.3 Å². The van der Waals surface area contributed by atoms with Crippen molar-refractivity contribution >= 4 is 34.1 Å². The van der Waals surface area contributed by atoms with Gasteiger partial charge in [0.05, 0.1) is 12.1 Å². The molecule has 2 amide bonds. The number of aryl methyl sites for hydroxylation is 1. The molecule has 1 aliphatic heterocycles. The fourth-order valence-corrected chi connectivity index (χ4v) is 3.11. The molecule has 132 valence electrons. The lowest BCUT2D eigenvalue weighted by atomic mass is 10.1. The van der Waals surface area contributed by atoms with E-state index in [1.54, 1.807) is 24.3 Å². The number of fused-ring (bicyclic) bond motifs is 2. The third kappa shape index (κ3) is 2.99. The number of anilines is 2. The van der Waals surface area contributed by atoms with E-state index in [9.17, 15) is 14.0 Å². The minimum Gasteiger partial charge on any atom is -0.482 e. The standard InChI is InChI=1S/C19H16FN3O3/c1-10-13(14-6-11(20)2-4-15(14)21-10)8-18(24)22-12-3-5-17-16(7-12)23-19(25)9-26-17/h2-7,21H,8-9H2,1H3,(H,22,24)(H,23,25). The van der Waals surface area contributed by atoms with Crippen molar-refractivity contribution in [2.75, 3.05) is 17.2 Å². The van der Waals surface area contributed by atoms with Gasteiger partial charge in [-0.15, -0.1) is 0 Å². The highest BCUT2D eigenvalue weighted by atomic mass is 19.1. The van der Waals surface area contributed by atoms with Crippen molar-refractivity contribution in [2.45, 2.75) is 13.3 Å². The number of aromatic nitrogens is 1. The molecule has 1 aromatic heterocycles. The number of H-pyrrole nitrogens is 1. The van der Waals surface area contributed by atoms with Gasteiger partial charge in [-0.05, 0) is 48.9 Å². The molecule has 0 saturated heterocycles. The number of carbonyl (C=O) groups is 2.